The lowest BCUT2D eigenvalue weighted by molar-refractivity contribution is -0.121. The molecule has 1 aliphatic rings. The van der Waals surface area contributed by atoms with E-state index in [2.05, 4.69) is 15.3 Å². The number of amides is 1. The number of H-pyrrole nitrogens is 1. The van der Waals surface area contributed by atoms with Crippen LogP contribution in [0.25, 0.3) is 10.9 Å². The molecule has 1 aromatic carbocycles. The van der Waals surface area contributed by atoms with Crippen molar-refractivity contribution >= 4 is 26.6 Å². The summed E-state index contributed by atoms with van der Waals surface area (Å²) >= 11 is 0. The lowest BCUT2D eigenvalue weighted by Crippen LogP contribution is -2.35. The highest BCUT2D eigenvalue weighted by molar-refractivity contribution is 7.91. The Kier molecular flexibility index (Phi) is 4.16. The molecule has 1 atom stereocenters. The van der Waals surface area contributed by atoms with Crippen molar-refractivity contribution in [2.45, 2.75) is 25.3 Å². The highest BCUT2D eigenvalue weighted by Gasteiger charge is 2.28. The summed E-state index contributed by atoms with van der Waals surface area (Å²) in [7, 11) is -3.01. The van der Waals surface area contributed by atoms with Gasteiger partial charge in [0, 0.05) is 18.9 Å². The second-order valence-electron chi connectivity index (χ2n) is 5.70. The molecule has 0 spiro atoms. The smallest absolute Gasteiger partial charge is 0.258 e. The number of para-hydroxylation sites is 1. The molecule has 122 valence electrons. The van der Waals surface area contributed by atoms with Crippen molar-refractivity contribution in [2.75, 3.05) is 11.5 Å². The van der Waals surface area contributed by atoms with E-state index in [1.807, 2.05) is 0 Å². The Morgan fingerprint density at radius 3 is 2.87 bits per heavy atom. The zero-order valence-electron chi connectivity index (χ0n) is 12.4. The molecule has 0 radical (unpaired) electrons. The van der Waals surface area contributed by atoms with Gasteiger partial charge in [-0.3, -0.25) is 9.59 Å². The highest BCUT2D eigenvalue weighted by Crippen LogP contribution is 2.11. The quantitative estimate of drug-likeness (QED) is 0.827. The van der Waals surface area contributed by atoms with E-state index in [0.717, 1.165) is 0 Å². The maximum atomic E-state index is 11.9. The summed E-state index contributed by atoms with van der Waals surface area (Å²) in [5, 5.41) is 3.23. The van der Waals surface area contributed by atoms with Crippen LogP contribution >= 0.6 is 0 Å². The third-order valence-electron chi connectivity index (χ3n) is 3.85. The highest BCUT2D eigenvalue weighted by atomic mass is 32.2. The molecule has 8 heteroatoms. The summed E-state index contributed by atoms with van der Waals surface area (Å²) < 4.78 is 22.7. The summed E-state index contributed by atoms with van der Waals surface area (Å²) in [6.07, 6.45) is 0.905. The number of carbonyl (C=O) groups excluding carboxylic acids is 1. The summed E-state index contributed by atoms with van der Waals surface area (Å²) in [6, 6.07) is 6.69. The molecule has 0 unspecified atom stereocenters. The number of hydrogen-bond donors (Lipinski definition) is 2. The van der Waals surface area contributed by atoms with Gasteiger partial charge in [0.05, 0.1) is 22.4 Å². The summed E-state index contributed by atoms with van der Waals surface area (Å²) in [5.41, 5.74) is 0.362. The number of sulfone groups is 1. The molecule has 0 bridgehead atoms. The predicted octanol–water partition coefficient (Wildman–Crippen LogP) is 0.159. The van der Waals surface area contributed by atoms with Crippen LogP contribution in [0.4, 0.5) is 0 Å². The Balaban J connectivity index is 1.62. The monoisotopic (exact) mass is 335 g/mol. The van der Waals surface area contributed by atoms with E-state index in [0.29, 0.717) is 29.6 Å². The molecule has 3 rings (SSSR count). The van der Waals surface area contributed by atoms with Crippen molar-refractivity contribution in [3.63, 3.8) is 0 Å². The second kappa shape index (κ2) is 6.11. The van der Waals surface area contributed by atoms with Gasteiger partial charge in [-0.25, -0.2) is 13.4 Å². The summed E-state index contributed by atoms with van der Waals surface area (Å²) in [4.78, 5) is 30.8. The van der Waals surface area contributed by atoms with Gasteiger partial charge in [-0.05, 0) is 18.6 Å². The van der Waals surface area contributed by atoms with E-state index in [4.69, 9.17) is 0 Å². The van der Waals surface area contributed by atoms with Crippen LogP contribution in [-0.4, -0.2) is 41.8 Å². The van der Waals surface area contributed by atoms with E-state index in [9.17, 15) is 18.0 Å². The minimum Gasteiger partial charge on any atom is -0.352 e. The van der Waals surface area contributed by atoms with Crippen molar-refractivity contribution < 1.29 is 13.2 Å². The number of fused-ring (bicyclic) bond motifs is 1. The van der Waals surface area contributed by atoms with Crippen molar-refractivity contribution in [3.05, 3.63) is 40.4 Å². The fraction of sp³-hybridized carbons (Fsp3) is 0.400. The van der Waals surface area contributed by atoms with Crippen molar-refractivity contribution in [2.24, 2.45) is 0 Å². The molecular weight excluding hydrogens is 318 g/mol. The van der Waals surface area contributed by atoms with Gasteiger partial charge >= 0.3 is 0 Å². The maximum Gasteiger partial charge on any atom is 0.258 e. The van der Waals surface area contributed by atoms with Crippen molar-refractivity contribution in [3.8, 4) is 0 Å². The first-order chi connectivity index (χ1) is 10.9. The molecule has 2 heterocycles. The Labute approximate surface area is 133 Å². The van der Waals surface area contributed by atoms with Crippen LogP contribution in [-0.2, 0) is 21.1 Å². The Bertz CT molecular complexity index is 904. The number of benzene rings is 1. The van der Waals surface area contributed by atoms with Crippen LogP contribution in [0.5, 0.6) is 0 Å². The van der Waals surface area contributed by atoms with Gasteiger partial charge in [0.1, 0.15) is 5.82 Å². The first-order valence-corrected chi connectivity index (χ1v) is 9.23. The molecule has 1 fully saturated rings. The topological polar surface area (TPSA) is 109 Å². The number of aryl methyl sites for hydroxylation is 1. The maximum absolute atomic E-state index is 11.9. The molecule has 7 nitrogen and oxygen atoms in total. The fourth-order valence-corrected chi connectivity index (χ4v) is 4.37. The van der Waals surface area contributed by atoms with Crippen LogP contribution in [0, 0.1) is 0 Å². The van der Waals surface area contributed by atoms with Crippen LogP contribution in [0.2, 0.25) is 0 Å². The molecule has 2 N–H and O–H groups in total. The molecule has 1 amide bonds. The molecule has 0 saturated carbocycles. The van der Waals surface area contributed by atoms with Crippen LogP contribution in [0.3, 0.4) is 0 Å². The van der Waals surface area contributed by atoms with Gasteiger partial charge in [-0.1, -0.05) is 12.1 Å². The fourth-order valence-electron chi connectivity index (χ4n) is 2.69. The number of aromatic nitrogens is 2. The second-order valence-corrected chi connectivity index (χ2v) is 7.93. The molecule has 1 saturated heterocycles. The largest absolute Gasteiger partial charge is 0.352 e. The minimum atomic E-state index is -3.01. The molecule has 2 aromatic rings. The van der Waals surface area contributed by atoms with Gasteiger partial charge in [0.25, 0.3) is 5.56 Å². The lowest BCUT2D eigenvalue weighted by atomic mass is 10.2. The summed E-state index contributed by atoms with van der Waals surface area (Å²) in [5.74, 6) is 0.340. The Morgan fingerprint density at radius 1 is 1.35 bits per heavy atom. The normalized spacial score (nSPS) is 19.7. The van der Waals surface area contributed by atoms with Gasteiger partial charge in [-0.2, -0.15) is 0 Å². The van der Waals surface area contributed by atoms with Gasteiger partial charge in [0.2, 0.25) is 5.91 Å². The average Bonchev–Trinajstić information content (AvgIpc) is 2.84. The Hall–Kier alpha value is -2.22. The van der Waals surface area contributed by atoms with Crippen molar-refractivity contribution in [1.29, 1.82) is 0 Å². The molecular formula is C15H17N3O4S. The zero-order chi connectivity index (χ0) is 16.4. The Morgan fingerprint density at radius 2 is 2.13 bits per heavy atom. The third-order valence-corrected chi connectivity index (χ3v) is 5.62. The number of aromatic amines is 1. The molecule has 1 aliphatic heterocycles. The number of rotatable bonds is 4. The van der Waals surface area contributed by atoms with Gasteiger partial charge in [-0.15, -0.1) is 0 Å². The number of nitrogens with zero attached hydrogens (tertiary/aromatic N) is 1. The lowest BCUT2D eigenvalue weighted by Gasteiger charge is -2.10. The van der Waals surface area contributed by atoms with E-state index in [1.165, 1.54) is 0 Å². The standard InChI is InChI=1S/C15H17N3O4S/c19-14(16-10-7-8-23(21,22)9-10)6-5-13-17-12-4-2-1-3-11(12)15(20)18-13/h1-4,10H,5-9H2,(H,16,19)(H,17,18,20)/t10-/m0/s1. The summed E-state index contributed by atoms with van der Waals surface area (Å²) in [6.45, 7) is 0. The predicted molar refractivity (Wildman–Crippen MR) is 85.9 cm³/mol. The van der Waals surface area contributed by atoms with Crippen LogP contribution < -0.4 is 10.9 Å². The first-order valence-electron chi connectivity index (χ1n) is 7.41. The minimum absolute atomic E-state index is 0.00377. The van der Waals surface area contributed by atoms with E-state index >= 15 is 0 Å². The number of nitrogens with one attached hydrogen (secondary N) is 2. The third kappa shape index (κ3) is 3.76. The van der Waals surface area contributed by atoms with E-state index < -0.39 is 9.84 Å². The van der Waals surface area contributed by atoms with E-state index in [1.54, 1.807) is 24.3 Å². The first kappa shape index (κ1) is 15.7. The SMILES string of the molecule is O=C(CCc1nc2ccccc2c(=O)[nH]1)N[C@H]1CCS(=O)(=O)C1. The number of hydrogen-bond acceptors (Lipinski definition) is 5. The van der Waals surface area contributed by atoms with E-state index in [-0.39, 0.29) is 35.4 Å². The van der Waals surface area contributed by atoms with Crippen LogP contribution in [0.15, 0.2) is 29.1 Å². The molecule has 23 heavy (non-hydrogen) atoms. The van der Waals surface area contributed by atoms with Crippen LogP contribution in [0.1, 0.15) is 18.7 Å². The molecule has 0 aliphatic carbocycles. The van der Waals surface area contributed by atoms with Crippen molar-refractivity contribution in [1.82, 2.24) is 15.3 Å². The number of carbonyl (C=O) groups is 1. The average molecular weight is 335 g/mol. The zero-order valence-corrected chi connectivity index (χ0v) is 13.2. The van der Waals surface area contributed by atoms with Gasteiger partial charge < -0.3 is 10.3 Å². The van der Waals surface area contributed by atoms with Gasteiger partial charge in [0.15, 0.2) is 9.84 Å². The molecule has 1 aromatic heterocycles.